The Hall–Kier alpha value is -3.89. The maximum absolute atomic E-state index is 6.83. The lowest BCUT2D eigenvalue weighted by atomic mass is 9.90. The fraction of sp³-hybridized carbons (Fsp3) is 0.242. The summed E-state index contributed by atoms with van der Waals surface area (Å²) in [5.74, 6) is 1.02. The number of benzene rings is 4. The highest BCUT2D eigenvalue weighted by Crippen LogP contribution is 2.50. The number of likely N-dealkylation sites (tertiary alicyclic amines) is 1. The van der Waals surface area contributed by atoms with E-state index in [0.717, 1.165) is 50.4 Å². The van der Waals surface area contributed by atoms with Crippen LogP contribution in [0.1, 0.15) is 42.0 Å². The summed E-state index contributed by atoms with van der Waals surface area (Å²) in [6.45, 7) is 2.98. The molecule has 184 valence electrons. The zero-order valence-corrected chi connectivity index (χ0v) is 21.0. The van der Waals surface area contributed by atoms with Crippen LogP contribution in [-0.4, -0.2) is 34.4 Å². The quantitative estimate of drug-likeness (QED) is 0.315. The molecule has 7 rings (SSSR count). The Kier molecular flexibility index (Phi) is 5.55. The molecule has 0 aromatic heterocycles. The Bertz CT molecular complexity index is 1410. The molecule has 0 radical (unpaired) electrons. The lowest BCUT2D eigenvalue weighted by Crippen LogP contribution is -2.59. The van der Waals surface area contributed by atoms with Gasteiger partial charge in [-0.2, -0.15) is 5.10 Å². The first-order valence-electron chi connectivity index (χ1n) is 13.3. The SMILES string of the molecule is c1ccc(CN2CCC3(CC2)Oc2ccccc2[C@H]2CC(c4ccc(-c5ccccc5)cc4)=NN23)cc1. The summed E-state index contributed by atoms with van der Waals surface area (Å²) in [5.41, 5.74) is 7.04. The molecule has 4 aromatic carbocycles. The van der Waals surface area contributed by atoms with Gasteiger partial charge in [-0.05, 0) is 28.3 Å². The van der Waals surface area contributed by atoms with Gasteiger partial charge in [0, 0.05) is 44.5 Å². The van der Waals surface area contributed by atoms with Gasteiger partial charge in [-0.25, -0.2) is 5.01 Å². The smallest absolute Gasteiger partial charge is 0.200 e. The van der Waals surface area contributed by atoms with Crippen LogP contribution in [0.4, 0.5) is 0 Å². The van der Waals surface area contributed by atoms with Crippen molar-refractivity contribution in [3.63, 3.8) is 0 Å². The number of hydrogen-bond acceptors (Lipinski definition) is 4. The lowest BCUT2D eigenvalue weighted by Gasteiger charge is -2.51. The molecule has 1 saturated heterocycles. The van der Waals surface area contributed by atoms with E-state index < -0.39 is 5.72 Å². The van der Waals surface area contributed by atoms with Crippen molar-refractivity contribution in [2.75, 3.05) is 13.1 Å². The fourth-order valence-corrected chi connectivity index (χ4v) is 6.12. The second-order valence-corrected chi connectivity index (χ2v) is 10.4. The van der Waals surface area contributed by atoms with Gasteiger partial charge < -0.3 is 4.74 Å². The summed E-state index contributed by atoms with van der Waals surface area (Å²) in [6, 6.07) is 39.0. The number of nitrogens with zero attached hydrogens (tertiary/aromatic N) is 3. The van der Waals surface area contributed by atoms with Gasteiger partial charge in [-0.1, -0.05) is 103 Å². The van der Waals surface area contributed by atoms with Gasteiger partial charge >= 0.3 is 0 Å². The number of para-hydroxylation sites is 1. The molecule has 3 aliphatic heterocycles. The molecule has 4 aromatic rings. The average molecular weight is 486 g/mol. The van der Waals surface area contributed by atoms with Crippen LogP contribution in [0, 0.1) is 0 Å². The topological polar surface area (TPSA) is 28.1 Å². The molecule has 1 fully saturated rings. The third-order valence-corrected chi connectivity index (χ3v) is 8.12. The van der Waals surface area contributed by atoms with Gasteiger partial charge in [-0.15, -0.1) is 0 Å². The van der Waals surface area contributed by atoms with Gasteiger partial charge in [0.15, 0.2) is 0 Å². The van der Waals surface area contributed by atoms with E-state index >= 15 is 0 Å². The van der Waals surface area contributed by atoms with Gasteiger partial charge in [0.05, 0.1) is 11.8 Å². The van der Waals surface area contributed by atoms with E-state index in [1.54, 1.807) is 0 Å². The predicted molar refractivity (Wildman–Crippen MR) is 148 cm³/mol. The Balaban J connectivity index is 1.16. The van der Waals surface area contributed by atoms with Crippen molar-refractivity contribution in [1.82, 2.24) is 9.91 Å². The molecular weight excluding hydrogens is 454 g/mol. The van der Waals surface area contributed by atoms with E-state index in [0.29, 0.717) is 0 Å². The molecule has 4 nitrogen and oxygen atoms in total. The minimum Gasteiger partial charge on any atom is -0.466 e. The van der Waals surface area contributed by atoms with Crippen molar-refractivity contribution in [3.8, 4) is 16.9 Å². The van der Waals surface area contributed by atoms with Gasteiger partial charge in [0.2, 0.25) is 5.72 Å². The van der Waals surface area contributed by atoms with Crippen LogP contribution >= 0.6 is 0 Å². The summed E-state index contributed by atoms with van der Waals surface area (Å²) in [7, 11) is 0. The average Bonchev–Trinajstić information content (AvgIpc) is 3.43. The van der Waals surface area contributed by atoms with E-state index in [1.165, 1.54) is 27.8 Å². The lowest BCUT2D eigenvalue weighted by molar-refractivity contribution is -0.150. The van der Waals surface area contributed by atoms with Crippen molar-refractivity contribution < 1.29 is 4.74 Å². The molecule has 1 atom stereocenters. The molecule has 0 amide bonds. The molecule has 0 unspecified atom stereocenters. The highest BCUT2D eigenvalue weighted by Gasteiger charge is 2.51. The Morgan fingerprint density at radius 3 is 2.08 bits per heavy atom. The molecule has 0 bridgehead atoms. The maximum atomic E-state index is 6.83. The van der Waals surface area contributed by atoms with Crippen molar-refractivity contribution in [2.24, 2.45) is 5.10 Å². The summed E-state index contributed by atoms with van der Waals surface area (Å²) >= 11 is 0. The number of hydrogen-bond donors (Lipinski definition) is 0. The Morgan fingerprint density at radius 2 is 1.32 bits per heavy atom. The minimum atomic E-state index is -0.391. The largest absolute Gasteiger partial charge is 0.466 e. The summed E-state index contributed by atoms with van der Waals surface area (Å²) in [5, 5.41) is 7.59. The van der Waals surface area contributed by atoms with Gasteiger partial charge in [0.1, 0.15) is 5.75 Å². The summed E-state index contributed by atoms with van der Waals surface area (Å²) in [4.78, 5) is 2.54. The van der Waals surface area contributed by atoms with Crippen LogP contribution in [0.2, 0.25) is 0 Å². The van der Waals surface area contributed by atoms with E-state index in [9.17, 15) is 0 Å². The second-order valence-electron chi connectivity index (χ2n) is 10.4. The number of ether oxygens (including phenoxy) is 1. The molecule has 4 heteroatoms. The molecule has 0 aliphatic carbocycles. The first-order valence-corrected chi connectivity index (χ1v) is 13.3. The minimum absolute atomic E-state index is 0.217. The summed E-state index contributed by atoms with van der Waals surface area (Å²) in [6.07, 6.45) is 2.78. The highest BCUT2D eigenvalue weighted by atomic mass is 16.5. The molecule has 1 spiro atoms. The van der Waals surface area contributed by atoms with Gasteiger partial charge in [-0.3, -0.25) is 4.90 Å². The van der Waals surface area contributed by atoms with Crippen molar-refractivity contribution in [3.05, 3.63) is 126 Å². The number of fused-ring (bicyclic) bond motifs is 4. The third kappa shape index (κ3) is 4.11. The van der Waals surface area contributed by atoms with E-state index in [-0.39, 0.29) is 6.04 Å². The van der Waals surface area contributed by atoms with Crippen LogP contribution in [0.25, 0.3) is 11.1 Å². The molecule has 0 N–H and O–H groups in total. The number of piperidine rings is 1. The van der Waals surface area contributed by atoms with Crippen LogP contribution < -0.4 is 4.74 Å². The van der Waals surface area contributed by atoms with Crippen molar-refractivity contribution in [2.45, 2.75) is 37.6 Å². The van der Waals surface area contributed by atoms with Crippen LogP contribution in [0.5, 0.6) is 5.75 Å². The first-order chi connectivity index (χ1) is 18.3. The fourth-order valence-electron chi connectivity index (χ4n) is 6.12. The zero-order chi connectivity index (χ0) is 24.7. The number of hydrazone groups is 1. The van der Waals surface area contributed by atoms with Crippen LogP contribution in [-0.2, 0) is 6.54 Å². The molecule has 37 heavy (non-hydrogen) atoms. The van der Waals surface area contributed by atoms with Crippen molar-refractivity contribution >= 4 is 5.71 Å². The normalized spacial score (nSPS) is 20.2. The molecule has 3 aliphatic rings. The molecule has 0 saturated carbocycles. The second kappa shape index (κ2) is 9.20. The first kappa shape index (κ1) is 22.3. The van der Waals surface area contributed by atoms with Crippen molar-refractivity contribution in [1.29, 1.82) is 0 Å². The third-order valence-electron chi connectivity index (χ3n) is 8.12. The molecular formula is C33H31N3O. The van der Waals surface area contributed by atoms with Crippen LogP contribution in [0.3, 0.4) is 0 Å². The van der Waals surface area contributed by atoms with E-state index in [2.05, 4.69) is 119 Å². The van der Waals surface area contributed by atoms with E-state index in [4.69, 9.17) is 9.84 Å². The van der Waals surface area contributed by atoms with E-state index in [1.807, 2.05) is 0 Å². The standard InChI is InChI=1S/C33H31N3O/c1-3-9-25(10-4-1)24-35-21-19-33(20-22-35)36-31(29-13-7-8-14-32(29)37-33)23-30(34-36)28-17-15-27(16-18-28)26-11-5-2-6-12-26/h1-18,31H,19-24H2/t31-/m1/s1. The predicted octanol–water partition coefficient (Wildman–Crippen LogP) is 6.89. The monoisotopic (exact) mass is 485 g/mol. The Labute approximate surface area is 218 Å². The Morgan fingerprint density at radius 1 is 0.703 bits per heavy atom. The number of rotatable bonds is 4. The summed E-state index contributed by atoms with van der Waals surface area (Å²) < 4.78 is 6.83. The van der Waals surface area contributed by atoms with Gasteiger partial charge in [0.25, 0.3) is 0 Å². The van der Waals surface area contributed by atoms with Crippen LogP contribution in [0.15, 0.2) is 114 Å². The molecule has 3 heterocycles. The maximum Gasteiger partial charge on any atom is 0.200 e. The zero-order valence-electron chi connectivity index (χ0n) is 21.0. The highest BCUT2D eigenvalue weighted by molar-refractivity contribution is 6.02.